The summed E-state index contributed by atoms with van der Waals surface area (Å²) in [5, 5.41) is 16.5. The lowest BCUT2D eigenvalue weighted by Crippen LogP contribution is -2.22. The van der Waals surface area contributed by atoms with Gasteiger partial charge in [0.2, 0.25) is 0 Å². The number of hydrogen-bond acceptors (Lipinski definition) is 7. The van der Waals surface area contributed by atoms with Gasteiger partial charge in [-0.1, -0.05) is 39.3 Å². The van der Waals surface area contributed by atoms with Crippen molar-refractivity contribution in [3.05, 3.63) is 47.2 Å². The minimum atomic E-state index is -1.25. The molecule has 0 aliphatic heterocycles. The Morgan fingerprint density at radius 1 is 1.00 bits per heavy atom. The minimum Gasteiger partial charge on any atom is -0.545 e. The average molecular weight is 469 g/mol. The molecule has 7 nitrogen and oxygen atoms in total. The number of carboxylic acids is 1. The fraction of sp³-hybridized carbons (Fsp3) is 0.481. The SMILES string of the molecule is CCCc1c(OCCCOc2ccc(C(=O)[O-])cc2OCC)ccc2c(CC(C)(C)C)noc12. The van der Waals surface area contributed by atoms with Crippen LogP contribution in [0, 0.1) is 5.41 Å². The van der Waals surface area contributed by atoms with E-state index in [0.717, 1.165) is 47.2 Å². The summed E-state index contributed by atoms with van der Waals surface area (Å²) >= 11 is 0. The van der Waals surface area contributed by atoms with Gasteiger partial charge >= 0.3 is 0 Å². The molecule has 0 atom stereocenters. The van der Waals surface area contributed by atoms with Crippen LogP contribution in [-0.4, -0.2) is 30.9 Å². The van der Waals surface area contributed by atoms with E-state index in [1.165, 1.54) is 12.1 Å². The van der Waals surface area contributed by atoms with Gasteiger partial charge in [-0.25, -0.2) is 0 Å². The van der Waals surface area contributed by atoms with Crippen LogP contribution >= 0.6 is 0 Å². The molecule has 184 valence electrons. The fourth-order valence-electron chi connectivity index (χ4n) is 3.79. The lowest BCUT2D eigenvalue weighted by molar-refractivity contribution is -0.255. The van der Waals surface area contributed by atoms with Gasteiger partial charge in [0, 0.05) is 22.9 Å². The van der Waals surface area contributed by atoms with Gasteiger partial charge in [-0.2, -0.15) is 0 Å². The minimum absolute atomic E-state index is 0.0519. The van der Waals surface area contributed by atoms with Crippen molar-refractivity contribution in [2.75, 3.05) is 19.8 Å². The molecule has 0 amide bonds. The number of carboxylic acid groups (broad SMARTS) is 1. The molecule has 0 saturated carbocycles. The Kier molecular flexibility index (Phi) is 8.42. The standard InChI is InChI=1S/C27H35NO6/c1-6-9-20-22(13-11-19-21(17-27(3,4)5)28-34-25(19)20)32-14-8-15-33-23-12-10-18(26(29)30)16-24(23)31-7-2/h10-13,16H,6-9,14-15,17H2,1-5H3,(H,29,30)/p-1. The Labute approximate surface area is 201 Å². The highest BCUT2D eigenvalue weighted by Crippen LogP contribution is 2.34. The zero-order chi connectivity index (χ0) is 24.7. The Bertz CT molecular complexity index is 1110. The molecule has 0 N–H and O–H groups in total. The van der Waals surface area contributed by atoms with Crippen LogP contribution in [-0.2, 0) is 12.8 Å². The number of hydrogen-bond donors (Lipinski definition) is 0. The van der Waals surface area contributed by atoms with Crippen LogP contribution in [0.5, 0.6) is 17.2 Å². The van der Waals surface area contributed by atoms with Gasteiger partial charge in [-0.05, 0) is 55.5 Å². The van der Waals surface area contributed by atoms with E-state index < -0.39 is 5.97 Å². The van der Waals surface area contributed by atoms with Crippen molar-refractivity contribution in [1.82, 2.24) is 5.16 Å². The van der Waals surface area contributed by atoms with E-state index >= 15 is 0 Å². The molecule has 0 spiro atoms. The van der Waals surface area contributed by atoms with Crippen LogP contribution in [0.15, 0.2) is 34.9 Å². The number of nitrogens with zero attached hydrogens (tertiary/aromatic N) is 1. The molecular formula is C27H34NO6-. The van der Waals surface area contributed by atoms with Gasteiger partial charge in [-0.3, -0.25) is 0 Å². The van der Waals surface area contributed by atoms with Crippen molar-refractivity contribution >= 4 is 16.9 Å². The van der Waals surface area contributed by atoms with Crippen LogP contribution in [0.3, 0.4) is 0 Å². The van der Waals surface area contributed by atoms with Crippen LogP contribution in [0.1, 0.15) is 69.1 Å². The Balaban J connectivity index is 1.63. The molecule has 0 radical (unpaired) electrons. The number of ether oxygens (including phenoxy) is 3. The van der Waals surface area contributed by atoms with E-state index in [4.69, 9.17) is 18.7 Å². The van der Waals surface area contributed by atoms with E-state index in [0.29, 0.717) is 37.7 Å². The molecule has 7 heteroatoms. The van der Waals surface area contributed by atoms with Gasteiger partial charge in [0.25, 0.3) is 0 Å². The predicted octanol–water partition coefficient (Wildman–Crippen LogP) is 4.98. The summed E-state index contributed by atoms with van der Waals surface area (Å²) in [6, 6.07) is 8.49. The summed E-state index contributed by atoms with van der Waals surface area (Å²) < 4.78 is 23.2. The first-order chi connectivity index (χ1) is 16.2. The van der Waals surface area contributed by atoms with Crippen LogP contribution in [0.4, 0.5) is 0 Å². The zero-order valence-corrected chi connectivity index (χ0v) is 20.7. The summed E-state index contributed by atoms with van der Waals surface area (Å²) in [6.07, 6.45) is 3.30. The average Bonchev–Trinajstić information content (AvgIpc) is 3.17. The maximum Gasteiger partial charge on any atom is 0.174 e. The Morgan fingerprint density at radius 2 is 1.71 bits per heavy atom. The third-order valence-corrected chi connectivity index (χ3v) is 5.26. The Hall–Kier alpha value is -3.22. The van der Waals surface area contributed by atoms with E-state index in [1.807, 2.05) is 19.1 Å². The van der Waals surface area contributed by atoms with Gasteiger partial charge in [0.15, 0.2) is 17.1 Å². The number of aromatic carboxylic acids is 1. The highest BCUT2D eigenvalue weighted by molar-refractivity contribution is 5.86. The quantitative estimate of drug-likeness (QED) is 0.346. The van der Waals surface area contributed by atoms with Crippen molar-refractivity contribution in [3.63, 3.8) is 0 Å². The summed E-state index contributed by atoms with van der Waals surface area (Å²) in [6.45, 7) is 11.8. The molecule has 1 aromatic heterocycles. The smallest absolute Gasteiger partial charge is 0.174 e. The van der Waals surface area contributed by atoms with Crippen LogP contribution < -0.4 is 19.3 Å². The van der Waals surface area contributed by atoms with Crippen molar-refractivity contribution in [2.24, 2.45) is 5.41 Å². The van der Waals surface area contributed by atoms with E-state index in [2.05, 4.69) is 32.9 Å². The Morgan fingerprint density at radius 3 is 2.35 bits per heavy atom. The monoisotopic (exact) mass is 468 g/mol. The molecule has 0 bridgehead atoms. The molecule has 3 aromatic rings. The second-order valence-electron chi connectivity index (χ2n) is 9.47. The van der Waals surface area contributed by atoms with Crippen LogP contribution in [0.2, 0.25) is 0 Å². The third-order valence-electron chi connectivity index (χ3n) is 5.26. The molecule has 2 aromatic carbocycles. The molecule has 0 fully saturated rings. The van der Waals surface area contributed by atoms with Gasteiger partial charge in [0.05, 0.1) is 31.5 Å². The van der Waals surface area contributed by atoms with Crippen molar-refractivity contribution in [2.45, 2.75) is 60.3 Å². The zero-order valence-electron chi connectivity index (χ0n) is 20.7. The van der Waals surface area contributed by atoms with Gasteiger partial charge in [-0.15, -0.1) is 0 Å². The topological polar surface area (TPSA) is 93.9 Å². The number of aromatic nitrogens is 1. The van der Waals surface area contributed by atoms with Gasteiger partial charge in [0.1, 0.15) is 5.75 Å². The van der Waals surface area contributed by atoms with E-state index in [9.17, 15) is 9.90 Å². The summed E-state index contributed by atoms with van der Waals surface area (Å²) in [5.41, 5.74) is 3.01. The maximum absolute atomic E-state index is 11.1. The van der Waals surface area contributed by atoms with Crippen molar-refractivity contribution in [3.8, 4) is 17.2 Å². The summed E-state index contributed by atoms with van der Waals surface area (Å²) in [5.74, 6) is 0.435. The molecule has 3 rings (SSSR count). The third kappa shape index (κ3) is 6.43. The molecule has 1 heterocycles. The number of fused-ring (bicyclic) bond motifs is 1. The number of rotatable bonds is 12. The summed E-state index contributed by atoms with van der Waals surface area (Å²) in [4.78, 5) is 11.1. The lowest BCUT2D eigenvalue weighted by Gasteiger charge is -2.16. The predicted molar refractivity (Wildman–Crippen MR) is 129 cm³/mol. The largest absolute Gasteiger partial charge is 0.545 e. The molecule has 0 aliphatic rings. The first kappa shape index (κ1) is 25.4. The van der Waals surface area contributed by atoms with Crippen molar-refractivity contribution < 1.29 is 28.6 Å². The highest BCUT2D eigenvalue weighted by Gasteiger charge is 2.20. The highest BCUT2D eigenvalue weighted by atomic mass is 16.5. The summed E-state index contributed by atoms with van der Waals surface area (Å²) in [7, 11) is 0. The fourth-order valence-corrected chi connectivity index (χ4v) is 3.79. The van der Waals surface area contributed by atoms with Crippen LogP contribution in [0.25, 0.3) is 11.0 Å². The van der Waals surface area contributed by atoms with E-state index in [1.54, 1.807) is 6.07 Å². The normalized spacial score (nSPS) is 11.6. The second kappa shape index (κ2) is 11.3. The lowest BCUT2D eigenvalue weighted by atomic mass is 9.89. The first-order valence-electron chi connectivity index (χ1n) is 11.9. The number of aryl methyl sites for hydroxylation is 1. The number of carbonyl (C=O) groups excluding carboxylic acids is 1. The molecule has 0 aliphatic carbocycles. The molecule has 34 heavy (non-hydrogen) atoms. The van der Waals surface area contributed by atoms with E-state index in [-0.39, 0.29) is 11.0 Å². The van der Waals surface area contributed by atoms with Gasteiger partial charge < -0.3 is 28.6 Å². The number of benzene rings is 2. The maximum atomic E-state index is 11.1. The van der Waals surface area contributed by atoms with Crippen molar-refractivity contribution in [1.29, 1.82) is 0 Å². The number of carbonyl (C=O) groups is 1. The molecule has 0 saturated heterocycles. The first-order valence-corrected chi connectivity index (χ1v) is 11.9. The molecule has 0 unspecified atom stereocenters. The molecular weight excluding hydrogens is 434 g/mol. The second-order valence-corrected chi connectivity index (χ2v) is 9.47.